The number of aromatic nitrogens is 1. The average Bonchev–Trinajstić information content (AvgIpc) is 3.42. The molecular formula is C25H27N3O3S. The Morgan fingerprint density at radius 3 is 2.66 bits per heavy atom. The van der Waals surface area contributed by atoms with E-state index >= 15 is 0 Å². The van der Waals surface area contributed by atoms with E-state index in [0.29, 0.717) is 17.8 Å². The van der Waals surface area contributed by atoms with Gasteiger partial charge < -0.3 is 15.4 Å². The summed E-state index contributed by atoms with van der Waals surface area (Å²) in [5.74, 6) is -0.397. The minimum absolute atomic E-state index is 0.0652. The van der Waals surface area contributed by atoms with Crippen molar-refractivity contribution in [1.82, 2.24) is 10.3 Å². The lowest BCUT2D eigenvalue weighted by molar-refractivity contribution is -0.115. The number of carbonyl (C=O) groups excluding carboxylic acids is 2. The van der Waals surface area contributed by atoms with Gasteiger partial charge in [0.2, 0.25) is 5.91 Å². The van der Waals surface area contributed by atoms with Gasteiger partial charge in [0.25, 0.3) is 5.91 Å². The summed E-state index contributed by atoms with van der Waals surface area (Å²) in [6.45, 7) is 5.20. The van der Waals surface area contributed by atoms with E-state index in [1.165, 1.54) is 16.9 Å². The molecule has 1 aliphatic rings. The maximum Gasteiger partial charge on any atom is 0.253 e. The molecule has 32 heavy (non-hydrogen) atoms. The van der Waals surface area contributed by atoms with Crippen molar-refractivity contribution in [3.8, 4) is 11.3 Å². The molecule has 1 saturated heterocycles. The largest absolute Gasteiger partial charge is 0.376 e. The summed E-state index contributed by atoms with van der Waals surface area (Å²) in [7, 11) is 0. The highest BCUT2D eigenvalue weighted by atomic mass is 32.1. The highest BCUT2D eigenvalue weighted by Gasteiger charge is 2.20. The summed E-state index contributed by atoms with van der Waals surface area (Å²) in [6.07, 6.45) is 2.24. The molecule has 4 rings (SSSR count). The molecule has 2 heterocycles. The molecule has 1 atom stereocenters. The smallest absolute Gasteiger partial charge is 0.253 e. The number of para-hydroxylation sites is 1. The van der Waals surface area contributed by atoms with Gasteiger partial charge in [-0.2, -0.15) is 0 Å². The third kappa shape index (κ3) is 5.41. The fourth-order valence-corrected chi connectivity index (χ4v) is 4.72. The molecule has 0 spiro atoms. The third-order valence-corrected chi connectivity index (χ3v) is 6.38. The molecule has 1 fully saturated rings. The Kier molecular flexibility index (Phi) is 6.97. The summed E-state index contributed by atoms with van der Waals surface area (Å²) in [4.78, 5) is 31.1. The van der Waals surface area contributed by atoms with Gasteiger partial charge in [0, 0.05) is 23.6 Å². The molecule has 1 unspecified atom stereocenters. The Morgan fingerprint density at radius 2 is 1.91 bits per heavy atom. The highest BCUT2D eigenvalue weighted by Crippen LogP contribution is 2.29. The standard InChI is InChI=1S/C25H27N3O3S/c1-16-9-11-18(12-10-16)24-22(32-17(2)27-24)14-23(29)28-21-8-4-3-7-20(21)25(30)26-15-19-6-5-13-31-19/h3-4,7-12,19H,5-6,13-15H2,1-2H3,(H,26,30)(H,28,29). The average molecular weight is 450 g/mol. The first-order valence-corrected chi connectivity index (χ1v) is 11.6. The zero-order chi connectivity index (χ0) is 22.5. The molecule has 0 saturated carbocycles. The van der Waals surface area contributed by atoms with E-state index in [2.05, 4.69) is 15.6 Å². The first kappa shape index (κ1) is 22.2. The van der Waals surface area contributed by atoms with Gasteiger partial charge in [-0.05, 0) is 38.8 Å². The molecule has 0 bridgehead atoms. The van der Waals surface area contributed by atoms with Crippen LogP contribution in [0.15, 0.2) is 48.5 Å². The van der Waals surface area contributed by atoms with Crippen molar-refractivity contribution >= 4 is 28.8 Å². The van der Waals surface area contributed by atoms with Crippen LogP contribution in [0.1, 0.15) is 38.6 Å². The van der Waals surface area contributed by atoms with E-state index in [1.807, 2.05) is 38.1 Å². The number of anilines is 1. The second-order valence-electron chi connectivity index (χ2n) is 7.99. The van der Waals surface area contributed by atoms with Crippen LogP contribution in [0.2, 0.25) is 0 Å². The van der Waals surface area contributed by atoms with Gasteiger partial charge in [0.15, 0.2) is 0 Å². The Labute approximate surface area is 192 Å². The molecule has 2 amide bonds. The number of nitrogens with zero attached hydrogens (tertiary/aromatic N) is 1. The number of nitrogens with one attached hydrogen (secondary N) is 2. The van der Waals surface area contributed by atoms with Crippen LogP contribution < -0.4 is 10.6 Å². The van der Waals surface area contributed by atoms with Crippen molar-refractivity contribution in [2.45, 2.75) is 39.2 Å². The van der Waals surface area contributed by atoms with Crippen molar-refractivity contribution < 1.29 is 14.3 Å². The van der Waals surface area contributed by atoms with Gasteiger partial charge in [-0.25, -0.2) is 4.98 Å². The number of aryl methyl sites for hydroxylation is 2. The number of ether oxygens (including phenoxy) is 1. The lowest BCUT2D eigenvalue weighted by atomic mass is 10.1. The molecule has 2 aromatic carbocycles. The summed E-state index contributed by atoms with van der Waals surface area (Å²) < 4.78 is 5.57. The minimum atomic E-state index is -0.217. The molecule has 166 valence electrons. The summed E-state index contributed by atoms with van der Waals surface area (Å²) in [5.41, 5.74) is 3.95. The minimum Gasteiger partial charge on any atom is -0.376 e. The van der Waals surface area contributed by atoms with E-state index in [1.54, 1.807) is 24.3 Å². The molecule has 2 N–H and O–H groups in total. The fraction of sp³-hybridized carbons (Fsp3) is 0.320. The molecule has 0 radical (unpaired) electrons. The van der Waals surface area contributed by atoms with Crippen LogP contribution in [0, 0.1) is 13.8 Å². The van der Waals surface area contributed by atoms with Gasteiger partial charge in [0.05, 0.1) is 34.5 Å². The first-order chi connectivity index (χ1) is 15.5. The molecule has 0 aliphatic carbocycles. The Hall–Kier alpha value is -3.03. The number of hydrogen-bond donors (Lipinski definition) is 2. The van der Waals surface area contributed by atoms with Gasteiger partial charge in [-0.3, -0.25) is 9.59 Å². The highest BCUT2D eigenvalue weighted by molar-refractivity contribution is 7.12. The molecule has 3 aromatic rings. The van der Waals surface area contributed by atoms with E-state index in [0.717, 1.165) is 40.6 Å². The van der Waals surface area contributed by atoms with E-state index in [4.69, 9.17) is 4.74 Å². The quantitative estimate of drug-likeness (QED) is 0.556. The van der Waals surface area contributed by atoms with Crippen molar-refractivity contribution in [3.05, 3.63) is 69.5 Å². The Morgan fingerprint density at radius 1 is 1.12 bits per heavy atom. The van der Waals surface area contributed by atoms with Crippen LogP contribution in [-0.2, 0) is 16.0 Å². The SMILES string of the molecule is Cc1ccc(-c2nc(C)sc2CC(=O)Nc2ccccc2C(=O)NCC2CCCO2)cc1. The van der Waals surface area contributed by atoms with Gasteiger partial charge in [-0.1, -0.05) is 42.0 Å². The number of thiazole rings is 1. The topological polar surface area (TPSA) is 80.3 Å². The molecule has 7 heteroatoms. The summed E-state index contributed by atoms with van der Waals surface area (Å²) in [5, 5.41) is 6.75. The molecular weight excluding hydrogens is 422 g/mol. The van der Waals surface area contributed by atoms with Gasteiger partial charge in [-0.15, -0.1) is 11.3 Å². The van der Waals surface area contributed by atoms with Crippen molar-refractivity contribution in [2.24, 2.45) is 0 Å². The fourth-order valence-electron chi connectivity index (χ4n) is 3.76. The molecule has 1 aromatic heterocycles. The van der Waals surface area contributed by atoms with Crippen LogP contribution in [0.25, 0.3) is 11.3 Å². The number of amides is 2. The van der Waals surface area contributed by atoms with Crippen molar-refractivity contribution in [2.75, 3.05) is 18.5 Å². The first-order valence-electron chi connectivity index (χ1n) is 10.8. The number of rotatable bonds is 7. The van der Waals surface area contributed by atoms with Gasteiger partial charge >= 0.3 is 0 Å². The van der Waals surface area contributed by atoms with Crippen LogP contribution in [0.5, 0.6) is 0 Å². The van der Waals surface area contributed by atoms with E-state index < -0.39 is 0 Å². The van der Waals surface area contributed by atoms with Crippen LogP contribution in [0.4, 0.5) is 5.69 Å². The summed E-state index contributed by atoms with van der Waals surface area (Å²) >= 11 is 1.52. The predicted octanol–water partition coefficient (Wildman–Crippen LogP) is 4.52. The summed E-state index contributed by atoms with van der Waals surface area (Å²) in [6, 6.07) is 15.2. The number of carbonyl (C=O) groups is 2. The molecule has 1 aliphatic heterocycles. The van der Waals surface area contributed by atoms with Crippen LogP contribution in [-0.4, -0.2) is 36.1 Å². The second-order valence-corrected chi connectivity index (χ2v) is 9.27. The van der Waals surface area contributed by atoms with E-state index in [9.17, 15) is 9.59 Å². The monoisotopic (exact) mass is 449 g/mol. The van der Waals surface area contributed by atoms with Crippen molar-refractivity contribution in [1.29, 1.82) is 0 Å². The normalized spacial score (nSPS) is 15.5. The van der Waals surface area contributed by atoms with Crippen molar-refractivity contribution in [3.63, 3.8) is 0 Å². The zero-order valence-corrected chi connectivity index (χ0v) is 19.1. The second kappa shape index (κ2) is 10.1. The number of hydrogen-bond acceptors (Lipinski definition) is 5. The predicted molar refractivity (Wildman–Crippen MR) is 127 cm³/mol. The maximum absolute atomic E-state index is 12.9. The lowest BCUT2D eigenvalue weighted by Crippen LogP contribution is -2.32. The third-order valence-electron chi connectivity index (χ3n) is 5.41. The number of benzene rings is 2. The Balaban J connectivity index is 1.45. The Bertz CT molecular complexity index is 1100. The van der Waals surface area contributed by atoms with Crippen LogP contribution >= 0.6 is 11.3 Å². The maximum atomic E-state index is 12.9. The van der Waals surface area contributed by atoms with Crippen LogP contribution in [0.3, 0.4) is 0 Å². The van der Waals surface area contributed by atoms with E-state index in [-0.39, 0.29) is 24.3 Å². The van der Waals surface area contributed by atoms with Gasteiger partial charge in [0.1, 0.15) is 0 Å². The zero-order valence-electron chi connectivity index (χ0n) is 18.3. The lowest BCUT2D eigenvalue weighted by Gasteiger charge is -2.14. The molecule has 6 nitrogen and oxygen atoms in total.